The molecule has 2 N–H and O–H groups in total. The first kappa shape index (κ1) is 17.8. The lowest BCUT2D eigenvalue weighted by atomic mass is 9.74. The van der Waals surface area contributed by atoms with Gasteiger partial charge in [-0.15, -0.1) is 0 Å². The zero-order chi connectivity index (χ0) is 15.9. The van der Waals surface area contributed by atoms with Crippen LogP contribution in [0.2, 0.25) is 0 Å². The summed E-state index contributed by atoms with van der Waals surface area (Å²) in [5.74, 6) is -0.796. The maximum absolute atomic E-state index is 12.3. The van der Waals surface area contributed by atoms with E-state index in [1.165, 1.54) is 0 Å². The van der Waals surface area contributed by atoms with Crippen molar-refractivity contribution in [2.24, 2.45) is 5.41 Å². The highest BCUT2D eigenvalue weighted by Gasteiger charge is 2.40. The number of amides is 2. The van der Waals surface area contributed by atoms with E-state index in [9.17, 15) is 14.7 Å². The van der Waals surface area contributed by atoms with E-state index in [1.54, 1.807) is 12.0 Å². The SMILES string of the molecule is CCN(C(=O)NCC1(C(=O)O)CCCCC1)C(C)COC. The number of carboxylic acid groups (broad SMARTS) is 1. The number of hydrogen-bond donors (Lipinski definition) is 2. The molecule has 0 bridgehead atoms. The lowest BCUT2D eigenvalue weighted by Crippen LogP contribution is -2.51. The first-order chi connectivity index (χ1) is 9.96. The monoisotopic (exact) mass is 300 g/mol. The molecule has 0 spiro atoms. The summed E-state index contributed by atoms with van der Waals surface area (Å²) in [7, 11) is 1.60. The maximum atomic E-state index is 12.3. The Labute approximate surface area is 126 Å². The topological polar surface area (TPSA) is 78.9 Å². The summed E-state index contributed by atoms with van der Waals surface area (Å²) in [5.41, 5.74) is -0.794. The van der Waals surface area contributed by atoms with E-state index in [2.05, 4.69) is 5.32 Å². The Morgan fingerprint density at radius 3 is 2.43 bits per heavy atom. The number of ether oxygens (including phenoxy) is 1. The Morgan fingerprint density at radius 2 is 1.95 bits per heavy atom. The van der Waals surface area contributed by atoms with Crippen LogP contribution in [0.25, 0.3) is 0 Å². The van der Waals surface area contributed by atoms with Gasteiger partial charge in [-0.25, -0.2) is 4.79 Å². The van der Waals surface area contributed by atoms with Gasteiger partial charge in [0.05, 0.1) is 18.1 Å². The maximum Gasteiger partial charge on any atom is 0.317 e. The highest BCUT2D eigenvalue weighted by molar-refractivity contribution is 5.78. The summed E-state index contributed by atoms with van der Waals surface area (Å²) in [5, 5.41) is 12.3. The third-order valence-electron chi connectivity index (χ3n) is 4.38. The van der Waals surface area contributed by atoms with Crippen molar-refractivity contribution in [3.05, 3.63) is 0 Å². The molecule has 1 aliphatic rings. The predicted molar refractivity (Wildman–Crippen MR) is 80.3 cm³/mol. The molecule has 1 aliphatic carbocycles. The Balaban J connectivity index is 2.62. The lowest BCUT2D eigenvalue weighted by molar-refractivity contribution is -0.150. The van der Waals surface area contributed by atoms with Crippen LogP contribution in [-0.2, 0) is 9.53 Å². The smallest absolute Gasteiger partial charge is 0.317 e. The molecule has 1 rings (SSSR count). The molecular weight excluding hydrogens is 272 g/mol. The van der Waals surface area contributed by atoms with Crippen LogP contribution in [0.4, 0.5) is 4.79 Å². The highest BCUT2D eigenvalue weighted by atomic mass is 16.5. The van der Waals surface area contributed by atoms with E-state index in [4.69, 9.17) is 4.74 Å². The number of carbonyl (C=O) groups is 2. The normalized spacial score (nSPS) is 18.8. The molecule has 0 aromatic rings. The predicted octanol–water partition coefficient (Wildman–Crippen LogP) is 2.09. The molecule has 0 saturated heterocycles. The van der Waals surface area contributed by atoms with Crippen LogP contribution < -0.4 is 5.32 Å². The van der Waals surface area contributed by atoms with Gasteiger partial charge in [-0.05, 0) is 26.7 Å². The van der Waals surface area contributed by atoms with Gasteiger partial charge in [0.25, 0.3) is 0 Å². The number of methoxy groups -OCH3 is 1. The zero-order valence-electron chi connectivity index (χ0n) is 13.4. The second-order valence-corrected chi connectivity index (χ2v) is 5.90. The zero-order valence-corrected chi connectivity index (χ0v) is 13.4. The number of likely N-dealkylation sites (N-methyl/N-ethyl adjacent to an activating group) is 1. The second-order valence-electron chi connectivity index (χ2n) is 5.90. The summed E-state index contributed by atoms with van der Waals surface area (Å²) in [6.45, 7) is 5.05. The number of nitrogens with zero attached hydrogens (tertiary/aromatic N) is 1. The third kappa shape index (κ3) is 4.59. The van der Waals surface area contributed by atoms with E-state index < -0.39 is 11.4 Å². The molecule has 1 fully saturated rings. The number of hydrogen-bond acceptors (Lipinski definition) is 3. The first-order valence-electron chi connectivity index (χ1n) is 7.73. The minimum Gasteiger partial charge on any atom is -0.481 e. The number of urea groups is 1. The van der Waals surface area contributed by atoms with Crippen molar-refractivity contribution in [3.8, 4) is 0 Å². The van der Waals surface area contributed by atoms with E-state index in [0.29, 0.717) is 26.0 Å². The molecule has 0 radical (unpaired) electrons. The van der Waals surface area contributed by atoms with E-state index in [0.717, 1.165) is 19.3 Å². The standard InChI is InChI=1S/C15H28N2O4/c1-4-17(12(2)10-21-3)14(20)16-11-15(13(18)19)8-6-5-7-9-15/h12H,4-11H2,1-3H3,(H,16,20)(H,18,19). The second kappa shape index (κ2) is 8.22. The van der Waals surface area contributed by atoms with Crippen molar-refractivity contribution in [1.82, 2.24) is 10.2 Å². The van der Waals surface area contributed by atoms with Crippen LogP contribution in [0.5, 0.6) is 0 Å². The summed E-state index contributed by atoms with van der Waals surface area (Å²) < 4.78 is 5.07. The van der Waals surface area contributed by atoms with Crippen LogP contribution >= 0.6 is 0 Å². The average molecular weight is 300 g/mol. The van der Waals surface area contributed by atoms with Gasteiger partial charge in [-0.2, -0.15) is 0 Å². The van der Waals surface area contributed by atoms with Crippen molar-refractivity contribution >= 4 is 12.0 Å². The van der Waals surface area contributed by atoms with Gasteiger partial charge in [0, 0.05) is 20.2 Å². The molecule has 1 unspecified atom stereocenters. The molecule has 1 atom stereocenters. The Bertz CT molecular complexity index is 354. The van der Waals surface area contributed by atoms with Crippen molar-refractivity contribution in [1.29, 1.82) is 0 Å². The van der Waals surface area contributed by atoms with Crippen LogP contribution in [0.3, 0.4) is 0 Å². The number of nitrogens with one attached hydrogen (secondary N) is 1. The number of aliphatic carboxylic acids is 1. The van der Waals surface area contributed by atoms with Gasteiger partial charge in [-0.3, -0.25) is 4.79 Å². The minimum absolute atomic E-state index is 0.0351. The van der Waals surface area contributed by atoms with Gasteiger partial charge in [-0.1, -0.05) is 19.3 Å². The summed E-state index contributed by atoms with van der Waals surface area (Å²) in [6.07, 6.45) is 4.19. The van der Waals surface area contributed by atoms with Gasteiger partial charge in [0.2, 0.25) is 0 Å². The molecule has 122 valence electrons. The van der Waals surface area contributed by atoms with E-state index in [-0.39, 0.29) is 18.6 Å². The molecule has 0 aromatic heterocycles. The fourth-order valence-electron chi connectivity index (χ4n) is 3.03. The third-order valence-corrected chi connectivity index (χ3v) is 4.38. The van der Waals surface area contributed by atoms with Crippen LogP contribution in [0.15, 0.2) is 0 Å². The van der Waals surface area contributed by atoms with Crippen LogP contribution in [-0.4, -0.2) is 54.9 Å². The molecule has 0 aliphatic heterocycles. The Kier molecular flexibility index (Phi) is 6.95. The summed E-state index contributed by atoms with van der Waals surface area (Å²) in [4.78, 5) is 25.5. The molecule has 0 heterocycles. The van der Waals surface area contributed by atoms with E-state index >= 15 is 0 Å². The molecule has 21 heavy (non-hydrogen) atoms. The highest BCUT2D eigenvalue weighted by Crippen LogP contribution is 2.36. The number of carboxylic acids is 1. The minimum atomic E-state index is -0.796. The van der Waals surface area contributed by atoms with Crippen LogP contribution in [0.1, 0.15) is 46.0 Å². The van der Waals surface area contributed by atoms with Crippen molar-refractivity contribution in [2.45, 2.75) is 52.0 Å². The first-order valence-corrected chi connectivity index (χ1v) is 7.73. The summed E-state index contributed by atoms with van der Waals surface area (Å²) >= 11 is 0. The Morgan fingerprint density at radius 1 is 1.33 bits per heavy atom. The molecule has 1 saturated carbocycles. The van der Waals surface area contributed by atoms with E-state index in [1.807, 2.05) is 13.8 Å². The van der Waals surface area contributed by atoms with Crippen molar-refractivity contribution in [3.63, 3.8) is 0 Å². The van der Waals surface area contributed by atoms with Crippen LogP contribution in [0, 0.1) is 5.41 Å². The fourth-order valence-corrected chi connectivity index (χ4v) is 3.03. The molecule has 6 heteroatoms. The van der Waals surface area contributed by atoms with Gasteiger partial charge in [0.15, 0.2) is 0 Å². The largest absolute Gasteiger partial charge is 0.481 e. The molecule has 6 nitrogen and oxygen atoms in total. The van der Waals surface area contributed by atoms with Gasteiger partial charge < -0.3 is 20.1 Å². The average Bonchev–Trinajstić information content (AvgIpc) is 2.47. The molecule has 2 amide bonds. The molecular formula is C15H28N2O4. The summed E-state index contributed by atoms with van der Waals surface area (Å²) in [6, 6.07) is -0.250. The lowest BCUT2D eigenvalue weighted by Gasteiger charge is -2.35. The Hall–Kier alpha value is -1.30. The van der Waals surface area contributed by atoms with Gasteiger partial charge >= 0.3 is 12.0 Å². The quantitative estimate of drug-likeness (QED) is 0.754. The molecule has 0 aromatic carbocycles. The number of carbonyl (C=O) groups excluding carboxylic acids is 1. The number of rotatable bonds is 7. The fraction of sp³-hybridized carbons (Fsp3) is 0.867. The van der Waals surface area contributed by atoms with Crippen molar-refractivity contribution < 1.29 is 19.4 Å². The van der Waals surface area contributed by atoms with Gasteiger partial charge in [0.1, 0.15) is 0 Å². The van der Waals surface area contributed by atoms with Crippen molar-refractivity contribution in [2.75, 3.05) is 26.8 Å².